The predicted octanol–water partition coefficient (Wildman–Crippen LogP) is 3.94. The first kappa shape index (κ1) is 19.9. The van der Waals surface area contributed by atoms with Gasteiger partial charge in [-0.3, -0.25) is 9.69 Å². The Morgan fingerprint density at radius 2 is 1.87 bits per heavy atom. The lowest BCUT2D eigenvalue weighted by Crippen LogP contribution is -2.50. The van der Waals surface area contributed by atoms with Crippen LogP contribution in [0.2, 0.25) is 0 Å². The summed E-state index contributed by atoms with van der Waals surface area (Å²) in [6.45, 7) is 8.36. The zero-order chi connectivity index (χ0) is 17.1. The van der Waals surface area contributed by atoms with Gasteiger partial charge in [0, 0.05) is 6.54 Å². The number of carbonyl (C=O) groups excluding carboxylic acids is 2. The van der Waals surface area contributed by atoms with Gasteiger partial charge in [-0.1, -0.05) is 39.5 Å². The van der Waals surface area contributed by atoms with Crippen LogP contribution in [0.15, 0.2) is 0 Å². The van der Waals surface area contributed by atoms with Gasteiger partial charge in [-0.25, -0.2) is 4.79 Å². The zero-order valence-electron chi connectivity index (χ0n) is 15.1. The molecule has 0 spiro atoms. The molecular formula is C18H33NO4. The van der Waals surface area contributed by atoms with Gasteiger partial charge in [-0.15, -0.1) is 0 Å². The number of likely N-dealkylation sites (tertiary alicyclic amines) is 1. The molecule has 1 unspecified atom stereocenters. The molecule has 0 saturated carbocycles. The molecule has 0 N–H and O–H groups in total. The Balaban J connectivity index is 2.41. The van der Waals surface area contributed by atoms with Crippen molar-refractivity contribution in [2.45, 2.75) is 77.7 Å². The van der Waals surface area contributed by atoms with Crippen LogP contribution in [0.5, 0.6) is 0 Å². The molecule has 1 aliphatic heterocycles. The number of ether oxygens (including phenoxy) is 2. The van der Waals surface area contributed by atoms with E-state index < -0.39 is 11.8 Å². The SMILES string of the molecule is CCCCCCCN1CCCC(CC)(OC(=O)OCC(C)=O)C1. The van der Waals surface area contributed by atoms with Gasteiger partial charge in [0.25, 0.3) is 0 Å². The van der Waals surface area contributed by atoms with Crippen LogP contribution in [0.4, 0.5) is 4.79 Å². The molecular weight excluding hydrogens is 294 g/mol. The van der Waals surface area contributed by atoms with Crippen molar-refractivity contribution < 1.29 is 19.1 Å². The molecule has 0 amide bonds. The summed E-state index contributed by atoms with van der Waals surface area (Å²) in [5, 5.41) is 0. The minimum absolute atomic E-state index is 0.176. The van der Waals surface area contributed by atoms with Gasteiger partial charge in [0.15, 0.2) is 12.4 Å². The second-order valence-corrected chi connectivity index (χ2v) is 6.67. The number of nitrogens with zero attached hydrogens (tertiary/aromatic N) is 1. The monoisotopic (exact) mass is 327 g/mol. The Hall–Kier alpha value is -1.10. The van der Waals surface area contributed by atoms with Crippen LogP contribution in [0.25, 0.3) is 0 Å². The number of rotatable bonds is 10. The Bertz CT molecular complexity index is 372. The third-order valence-corrected chi connectivity index (χ3v) is 4.53. The Morgan fingerprint density at radius 3 is 2.52 bits per heavy atom. The maximum atomic E-state index is 11.8. The van der Waals surface area contributed by atoms with Crippen LogP contribution in [-0.4, -0.2) is 48.7 Å². The highest BCUT2D eigenvalue weighted by Gasteiger charge is 2.38. The van der Waals surface area contributed by atoms with Crippen molar-refractivity contribution in [3.8, 4) is 0 Å². The Morgan fingerprint density at radius 1 is 1.13 bits per heavy atom. The summed E-state index contributed by atoms with van der Waals surface area (Å²) in [6.07, 6.45) is 8.30. The molecule has 0 aromatic rings. The normalized spacial score (nSPS) is 21.9. The van der Waals surface area contributed by atoms with Gasteiger partial charge >= 0.3 is 6.16 Å². The second kappa shape index (κ2) is 10.6. The number of unbranched alkanes of at least 4 members (excludes halogenated alkanes) is 4. The molecule has 1 saturated heterocycles. The molecule has 134 valence electrons. The van der Waals surface area contributed by atoms with E-state index in [4.69, 9.17) is 9.47 Å². The van der Waals surface area contributed by atoms with Crippen LogP contribution in [-0.2, 0) is 14.3 Å². The maximum absolute atomic E-state index is 11.8. The third-order valence-electron chi connectivity index (χ3n) is 4.53. The molecule has 0 aromatic carbocycles. The topological polar surface area (TPSA) is 55.8 Å². The lowest BCUT2D eigenvalue weighted by Gasteiger charge is -2.41. The van der Waals surface area contributed by atoms with E-state index in [1.165, 1.54) is 39.0 Å². The van der Waals surface area contributed by atoms with Crippen LogP contribution >= 0.6 is 0 Å². The number of ketones is 1. The van der Waals surface area contributed by atoms with Gasteiger partial charge in [0.1, 0.15) is 5.60 Å². The molecule has 0 aliphatic carbocycles. The molecule has 1 rings (SSSR count). The summed E-state index contributed by atoms with van der Waals surface area (Å²) in [5.74, 6) is -0.176. The number of carbonyl (C=O) groups is 2. The van der Waals surface area contributed by atoms with Gasteiger partial charge in [-0.05, 0) is 45.7 Å². The number of hydrogen-bond acceptors (Lipinski definition) is 5. The highest BCUT2D eigenvalue weighted by Crippen LogP contribution is 2.29. The molecule has 1 fully saturated rings. The fraction of sp³-hybridized carbons (Fsp3) is 0.889. The molecule has 0 bridgehead atoms. The average molecular weight is 327 g/mol. The maximum Gasteiger partial charge on any atom is 0.509 e. The molecule has 5 nitrogen and oxygen atoms in total. The Kier molecular flexibility index (Phi) is 9.22. The van der Waals surface area contributed by atoms with Gasteiger partial charge in [0.05, 0.1) is 0 Å². The summed E-state index contributed by atoms with van der Waals surface area (Å²) in [6, 6.07) is 0. The van der Waals surface area contributed by atoms with E-state index in [9.17, 15) is 9.59 Å². The van der Waals surface area contributed by atoms with E-state index in [0.717, 1.165) is 38.9 Å². The summed E-state index contributed by atoms with van der Waals surface area (Å²) in [7, 11) is 0. The van der Waals surface area contributed by atoms with E-state index in [1.54, 1.807) is 0 Å². The molecule has 1 aliphatic rings. The van der Waals surface area contributed by atoms with Crippen molar-refractivity contribution >= 4 is 11.9 Å². The lowest BCUT2D eigenvalue weighted by molar-refractivity contribution is -0.123. The lowest BCUT2D eigenvalue weighted by atomic mass is 9.90. The number of hydrogen-bond donors (Lipinski definition) is 0. The van der Waals surface area contributed by atoms with E-state index in [1.807, 2.05) is 6.92 Å². The van der Waals surface area contributed by atoms with Crippen LogP contribution in [0.3, 0.4) is 0 Å². The van der Waals surface area contributed by atoms with Gasteiger partial charge < -0.3 is 9.47 Å². The first-order valence-electron chi connectivity index (χ1n) is 9.09. The van der Waals surface area contributed by atoms with Crippen molar-refractivity contribution in [1.29, 1.82) is 0 Å². The van der Waals surface area contributed by atoms with Crippen LogP contribution in [0.1, 0.15) is 72.1 Å². The fourth-order valence-electron chi connectivity index (χ4n) is 3.13. The first-order chi connectivity index (χ1) is 11.0. The minimum Gasteiger partial charge on any atom is -0.426 e. The van der Waals surface area contributed by atoms with E-state index in [0.29, 0.717) is 0 Å². The van der Waals surface area contributed by atoms with E-state index in [-0.39, 0.29) is 12.4 Å². The standard InChI is InChI=1S/C18H33NO4/c1-4-6-7-8-9-12-19-13-10-11-18(5-2,15-19)23-17(21)22-14-16(3)20/h4-15H2,1-3H3. The van der Waals surface area contributed by atoms with Gasteiger partial charge in [0.2, 0.25) is 0 Å². The summed E-state index contributed by atoms with van der Waals surface area (Å²) < 4.78 is 10.5. The highest BCUT2D eigenvalue weighted by atomic mass is 16.7. The third kappa shape index (κ3) is 7.82. The summed E-state index contributed by atoms with van der Waals surface area (Å²) in [4.78, 5) is 25.1. The number of Topliss-reactive ketones (excluding diaryl/α,β-unsaturated/α-hetero) is 1. The van der Waals surface area contributed by atoms with Crippen LogP contribution in [0, 0.1) is 0 Å². The smallest absolute Gasteiger partial charge is 0.426 e. The molecule has 5 heteroatoms. The van der Waals surface area contributed by atoms with Crippen molar-refractivity contribution in [3.63, 3.8) is 0 Å². The molecule has 23 heavy (non-hydrogen) atoms. The van der Waals surface area contributed by atoms with E-state index >= 15 is 0 Å². The minimum atomic E-state index is -0.716. The molecule has 1 heterocycles. The molecule has 1 atom stereocenters. The summed E-state index contributed by atoms with van der Waals surface area (Å²) in [5.41, 5.74) is -0.463. The highest BCUT2D eigenvalue weighted by molar-refractivity contribution is 5.78. The van der Waals surface area contributed by atoms with Crippen molar-refractivity contribution in [2.75, 3.05) is 26.2 Å². The second-order valence-electron chi connectivity index (χ2n) is 6.67. The predicted molar refractivity (Wildman–Crippen MR) is 90.6 cm³/mol. The van der Waals surface area contributed by atoms with Crippen molar-refractivity contribution in [1.82, 2.24) is 4.90 Å². The van der Waals surface area contributed by atoms with Crippen molar-refractivity contribution in [2.24, 2.45) is 0 Å². The van der Waals surface area contributed by atoms with Crippen molar-refractivity contribution in [3.05, 3.63) is 0 Å². The quantitative estimate of drug-likeness (QED) is 0.449. The fourth-order valence-corrected chi connectivity index (χ4v) is 3.13. The average Bonchev–Trinajstić information content (AvgIpc) is 2.53. The summed E-state index contributed by atoms with van der Waals surface area (Å²) >= 11 is 0. The molecule has 0 radical (unpaired) electrons. The van der Waals surface area contributed by atoms with Gasteiger partial charge in [-0.2, -0.15) is 0 Å². The largest absolute Gasteiger partial charge is 0.509 e. The molecule has 0 aromatic heterocycles. The first-order valence-corrected chi connectivity index (χ1v) is 9.09. The van der Waals surface area contributed by atoms with Crippen LogP contribution < -0.4 is 0 Å². The Labute approximate surface area is 140 Å². The van der Waals surface area contributed by atoms with E-state index in [2.05, 4.69) is 11.8 Å². The number of piperidine rings is 1. The zero-order valence-corrected chi connectivity index (χ0v) is 15.1.